The predicted octanol–water partition coefficient (Wildman–Crippen LogP) is 4.70. The second-order valence-electron chi connectivity index (χ2n) is 9.47. The van der Waals surface area contributed by atoms with Gasteiger partial charge in [-0.05, 0) is 56.0 Å². The summed E-state index contributed by atoms with van der Waals surface area (Å²) in [5.74, 6) is 0.271. The fourth-order valence-corrected chi connectivity index (χ4v) is 5.14. The number of carbonyl (C=O) groups is 2. The second kappa shape index (κ2) is 9.29. The van der Waals surface area contributed by atoms with Gasteiger partial charge in [-0.1, -0.05) is 43.0 Å². The average molecular weight is 481 g/mol. The third-order valence-corrected chi connectivity index (χ3v) is 7.29. The van der Waals surface area contributed by atoms with Gasteiger partial charge < -0.3 is 14.6 Å². The molecule has 1 aliphatic carbocycles. The van der Waals surface area contributed by atoms with Crippen LogP contribution < -0.4 is 5.32 Å². The van der Waals surface area contributed by atoms with Gasteiger partial charge >= 0.3 is 0 Å². The van der Waals surface area contributed by atoms with Crippen LogP contribution in [0.3, 0.4) is 0 Å². The molecule has 5 rings (SSSR count). The Bertz CT molecular complexity index is 1170. The van der Waals surface area contributed by atoms with E-state index >= 15 is 0 Å². The Labute approximate surface area is 204 Å². The Kier molecular flexibility index (Phi) is 6.21. The van der Waals surface area contributed by atoms with Crippen molar-refractivity contribution in [2.45, 2.75) is 63.6 Å². The molecule has 2 aliphatic rings. The summed E-state index contributed by atoms with van der Waals surface area (Å²) < 4.78 is 7.14. The van der Waals surface area contributed by atoms with Gasteiger partial charge in [0.1, 0.15) is 16.9 Å². The highest BCUT2D eigenvalue weighted by atomic mass is 35.5. The molecule has 1 fully saturated rings. The molecule has 0 unspecified atom stereocenters. The summed E-state index contributed by atoms with van der Waals surface area (Å²) in [6, 6.07) is 13.1. The molecule has 1 N–H and O–H groups in total. The highest BCUT2D eigenvalue weighted by molar-refractivity contribution is 6.30. The number of hydrogen-bond donors (Lipinski definition) is 1. The SMILES string of the molecule is C[C@]1(C(=O)NC2CCCCC2)Cn2nc(-c3ccco3)cc2C(=O)N1CCc1ccc(Cl)cc1. The smallest absolute Gasteiger partial charge is 0.273 e. The van der Waals surface area contributed by atoms with E-state index in [2.05, 4.69) is 10.4 Å². The van der Waals surface area contributed by atoms with Crippen molar-refractivity contribution in [3.8, 4) is 11.5 Å². The van der Waals surface area contributed by atoms with Crippen LogP contribution in [0, 0.1) is 0 Å². The monoisotopic (exact) mass is 480 g/mol. The lowest BCUT2D eigenvalue weighted by Gasteiger charge is -2.44. The number of fused-ring (bicyclic) bond motifs is 1. The minimum atomic E-state index is -1.06. The molecule has 2 amide bonds. The normalized spacial score (nSPS) is 20.9. The Hall–Kier alpha value is -3.06. The van der Waals surface area contributed by atoms with Gasteiger partial charge in [-0.2, -0.15) is 5.10 Å². The lowest BCUT2D eigenvalue weighted by molar-refractivity contribution is -0.134. The number of carbonyl (C=O) groups excluding carboxylic acids is 2. The number of furan rings is 1. The number of benzene rings is 1. The third-order valence-electron chi connectivity index (χ3n) is 7.04. The second-order valence-corrected chi connectivity index (χ2v) is 9.90. The van der Waals surface area contributed by atoms with E-state index in [0.29, 0.717) is 35.1 Å². The van der Waals surface area contributed by atoms with E-state index in [-0.39, 0.29) is 24.4 Å². The van der Waals surface area contributed by atoms with E-state index in [1.165, 1.54) is 6.42 Å². The van der Waals surface area contributed by atoms with E-state index in [9.17, 15) is 9.59 Å². The first-order valence-corrected chi connectivity index (χ1v) is 12.3. The highest BCUT2D eigenvalue weighted by Crippen LogP contribution is 2.31. The Morgan fingerprint density at radius 2 is 1.97 bits per heavy atom. The lowest BCUT2D eigenvalue weighted by Crippen LogP contribution is -2.65. The molecule has 1 saturated carbocycles. The third kappa shape index (κ3) is 4.37. The summed E-state index contributed by atoms with van der Waals surface area (Å²) in [7, 11) is 0. The van der Waals surface area contributed by atoms with Crippen molar-refractivity contribution in [3.63, 3.8) is 0 Å². The van der Waals surface area contributed by atoms with Gasteiger partial charge in [0.2, 0.25) is 5.91 Å². The van der Waals surface area contributed by atoms with Crippen LogP contribution >= 0.6 is 11.6 Å². The number of halogens is 1. The lowest BCUT2D eigenvalue weighted by atomic mass is 9.91. The molecule has 3 aromatic rings. The number of amides is 2. The zero-order valence-electron chi connectivity index (χ0n) is 19.3. The molecule has 178 valence electrons. The number of nitrogens with zero attached hydrogens (tertiary/aromatic N) is 3. The molecule has 1 atom stereocenters. The quantitative estimate of drug-likeness (QED) is 0.554. The fourth-order valence-electron chi connectivity index (χ4n) is 5.02. The molecular weight excluding hydrogens is 452 g/mol. The summed E-state index contributed by atoms with van der Waals surface area (Å²) in [5.41, 5.74) is 1.05. The van der Waals surface area contributed by atoms with Gasteiger partial charge in [0.05, 0.1) is 12.8 Å². The minimum Gasteiger partial charge on any atom is -0.463 e. The fraction of sp³-hybridized carbons (Fsp3) is 0.423. The van der Waals surface area contributed by atoms with Crippen LogP contribution in [0.4, 0.5) is 0 Å². The first kappa shape index (κ1) is 22.7. The summed E-state index contributed by atoms with van der Waals surface area (Å²) in [6.45, 7) is 2.55. The van der Waals surface area contributed by atoms with Crippen LogP contribution in [0.15, 0.2) is 53.1 Å². The maximum absolute atomic E-state index is 13.7. The Morgan fingerprint density at radius 1 is 1.21 bits per heavy atom. The molecule has 0 saturated heterocycles. The highest BCUT2D eigenvalue weighted by Gasteiger charge is 2.48. The predicted molar refractivity (Wildman–Crippen MR) is 130 cm³/mol. The van der Waals surface area contributed by atoms with E-state index in [1.54, 1.807) is 28.0 Å². The van der Waals surface area contributed by atoms with Crippen molar-refractivity contribution in [3.05, 3.63) is 65.0 Å². The van der Waals surface area contributed by atoms with Crippen LogP contribution in [0.25, 0.3) is 11.5 Å². The Morgan fingerprint density at radius 3 is 2.68 bits per heavy atom. The summed E-state index contributed by atoms with van der Waals surface area (Å²) in [5, 5.41) is 8.52. The van der Waals surface area contributed by atoms with Crippen molar-refractivity contribution in [2.24, 2.45) is 0 Å². The number of aromatic nitrogens is 2. The first-order chi connectivity index (χ1) is 16.4. The van der Waals surface area contributed by atoms with Crippen LogP contribution in [0.5, 0.6) is 0 Å². The van der Waals surface area contributed by atoms with Crippen molar-refractivity contribution in [1.82, 2.24) is 20.0 Å². The van der Waals surface area contributed by atoms with Crippen molar-refractivity contribution in [1.29, 1.82) is 0 Å². The molecule has 7 nitrogen and oxygen atoms in total. The van der Waals surface area contributed by atoms with Crippen molar-refractivity contribution < 1.29 is 14.0 Å². The molecular formula is C26H29ClN4O3. The summed E-state index contributed by atoms with van der Waals surface area (Å²) in [4.78, 5) is 29.1. The van der Waals surface area contributed by atoms with Crippen molar-refractivity contribution in [2.75, 3.05) is 6.54 Å². The maximum Gasteiger partial charge on any atom is 0.273 e. The number of hydrogen-bond acceptors (Lipinski definition) is 4. The van der Waals surface area contributed by atoms with Crippen LogP contribution in [-0.2, 0) is 17.8 Å². The molecule has 1 aromatic carbocycles. The average Bonchev–Trinajstić information content (AvgIpc) is 3.51. The molecule has 8 heteroatoms. The van der Waals surface area contributed by atoms with Gasteiger partial charge in [0.25, 0.3) is 5.91 Å². The van der Waals surface area contributed by atoms with E-state index in [4.69, 9.17) is 16.0 Å². The minimum absolute atomic E-state index is 0.121. The number of rotatable bonds is 6. The standard InChI is InChI=1S/C26H29ClN4O3/c1-26(25(33)28-20-6-3-2-4-7-20)17-31-22(16-21(29-31)23-8-5-15-34-23)24(32)30(26)14-13-18-9-11-19(27)12-10-18/h5,8-12,15-16,20H,2-4,6-7,13-14,17H2,1H3,(H,28,33)/t26-/m1/s1. The number of nitrogens with one attached hydrogen (secondary N) is 1. The van der Waals surface area contributed by atoms with Gasteiger partial charge in [-0.25, -0.2) is 0 Å². The topological polar surface area (TPSA) is 80.4 Å². The zero-order valence-corrected chi connectivity index (χ0v) is 20.1. The molecule has 0 bridgehead atoms. The summed E-state index contributed by atoms with van der Waals surface area (Å²) >= 11 is 6.03. The van der Waals surface area contributed by atoms with Gasteiger partial charge in [-0.15, -0.1) is 0 Å². The van der Waals surface area contributed by atoms with Crippen LogP contribution in [0.2, 0.25) is 5.02 Å². The Balaban J connectivity index is 1.45. The van der Waals surface area contributed by atoms with E-state index < -0.39 is 5.54 Å². The zero-order chi connectivity index (χ0) is 23.7. The molecule has 2 aromatic heterocycles. The van der Waals surface area contributed by atoms with E-state index in [0.717, 1.165) is 31.2 Å². The van der Waals surface area contributed by atoms with Gasteiger partial charge in [0.15, 0.2) is 5.76 Å². The van der Waals surface area contributed by atoms with E-state index in [1.807, 2.05) is 37.3 Å². The van der Waals surface area contributed by atoms with Crippen LogP contribution in [0.1, 0.15) is 55.1 Å². The van der Waals surface area contributed by atoms with Gasteiger partial charge in [0, 0.05) is 23.7 Å². The summed E-state index contributed by atoms with van der Waals surface area (Å²) in [6.07, 6.45) is 7.62. The van der Waals surface area contributed by atoms with Gasteiger partial charge in [-0.3, -0.25) is 14.3 Å². The molecule has 34 heavy (non-hydrogen) atoms. The molecule has 0 radical (unpaired) electrons. The van der Waals surface area contributed by atoms with Crippen molar-refractivity contribution >= 4 is 23.4 Å². The molecule has 3 heterocycles. The van der Waals surface area contributed by atoms with Crippen LogP contribution in [-0.4, -0.2) is 44.6 Å². The molecule has 0 spiro atoms. The molecule has 1 aliphatic heterocycles. The maximum atomic E-state index is 13.7. The largest absolute Gasteiger partial charge is 0.463 e. The first-order valence-electron chi connectivity index (χ1n) is 11.9.